The molecule has 3 rings (SSSR count). The third-order valence-electron chi connectivity index (χ3n) is 2.79. The van der Waals surface area contributed by atoms with Crippen LogP contribution in [0.4, 0.5) is 0 Å². The molecule has 0 atom stereocenters. The van der Waals surface area contributed by atoms with Gasteiger partial charge in [-0.15, -0.1) is 0 Å². The van der Waals surface area contributed by atoms with E-state index >= 15 is 0 Å². The van der Waals surface area contributed by atoms with Gasteiger partial charge in [0.05, 0.1) is 22.4 Å². The molecule has 1 aromatic heterocycles. The lowest BCUT2D eigenvalue weighted by atomic mass is 10.1. The highest BCUT2D eigenvalue weighted by Crippen LogP contribution is 2.22. The maximum atomic E-state index is 4.85. The molecule has 20 heavy (non-hydrogen) atoms. The first-order valence-corrected chi connectivity index (χ1v) is 6.75. The molecule has 0 radical (unpaired) electrons. The van der Waals surface area contributed by atoms with E-state index in [4.69, 9.17) is 5.73 Å². The molecular weight excluding hydrogens is 246 g/mol. The van der Waals surface area contributed by atoms with Crippen molar-refractivity contribution < 1.29 is 0 Å². The van der Waals surface area contributed by atoms with Gasteiger partial charge >= 0.3 is 0 Å². The van der Waals surface area contributed by atoms with Crippen LogP contribution in [0.15, 0.2) is 54.6 Å². The van der Waals surface area contributed by atoms with Crippen LogP contribution in [0.1, 0.15) is 12.6 Å². The van der Waals surface area contributed by atoms with Crippen LogP contribution in [-0.4, -0.2) is 16.5 Å². The zero-order valence-electron chi connectivity index (χ0n) is 11.9. The van der Waals surface area contributed by atoms with Crippen molar-refractivity contribution in [2.45, 2.75) is 13.8 Å². The fraction of sp³-hybridized carbons (Fsp3) is 0.176. The quantitative estimate of drug-likeness (QED) is 0.731. The number of benzene rings is 2. The van der Waals surface area contributed by atoms with E-state index in [9.17, 15) is 0 Å². The largest absolute Gasteiger partial charge is 0.331 e. The van der Waals surface area contributed by atoms with Gasteiger partial charge in [0.2, 0.25) is 0 Å². The lowest BCUT2D eigenvalue weighted by Gasteiger charge is -2.06. The molecule has 0 amide bonds. The van der Waals surface area contributed by atoms with Crippen LogP contribution in [0, 0.1) is 6.92 Å². The SMILES string of the molecule is CCN.Cc1nc2ccccc2nc1-c1ccccc1. The number of aryl methyl sites for hydroxylation is 1. The average Bonchev–Trinajstić information content (AvgIpc) is 2.48. The minimum absolute atomic E-state index is 0.750. The van der Waals surface area contributed by atoms with Crippen molar-refractivity contribution in [1.29, 1.82) is 0 Å². The molecule has 102 valence electrons. The van der Waals surface area contributed by atoms with Gasteiger partial charge in [0.25, 0.3) is 0 Å². The molecule has 0 fully saturated rings. The molecule has 0 spiro atoms. The van der Waals surface area contributed by atoms with Gasteiger partial charge < -0.3 is 5.73 Å². The van der Waals surface area contributed by atoms with Crippen LogP contribution in [0.25, 0.3) is 22.3 Å². The summed E-state index contributed by atoms with van der Waals surface area (Å²) in [4.78, 5) is 9.27. The summed E-state index contributed by atoms with van der Waals surface area (Å²) in [5, 5.41) is 0. The molecule has 0 aliphatic heterocycles. The van der Waals surface area contributed by atoms with Gasteiger partial charge in [0.1, 0.15) is 0 Å². The fourth-order valence-corrected chi connectivity index (χ4v) is 1.96. The van der Waals surface area contributed by atoms with Gasteiger partial charge in [-0.1, -0.05) is 49.4 Å². The second-order valence-electron chi connectivity index (χ2n) is 4.42. The number of aromatic nitrogens is 2. The Balaban J connectivity index is 0.000000452. The highest BCUT2D eigenvalue weighted by atomic mass is 14.8. The molecule has 0 bridgehead atoms. The van der Waals surface area contributed by atoms with Crippen LogP contribution in [0.2, 0.25) is 0 Å². The number of hydrogen-bond acceptors (Lipinski definition) is 3. The van der Waals surface area contributed by atoms with Crippen molar-refractivity contribution in [3.05, 3.63) is 60.3 Å². The zero-order chi connectivity index (χ0) is 14.4. The minimum Gasteiger partial charge on any atom is -0.331 e. The number of hydrogen-bond donors (Lipinski definition) is 1. The van der Waals surface area contributed by atoms with Crippen molar-refractivity contribution in [3.8, 4) is 11.3 Å². The second-order valence-corrected chi connectivity index (χ2v) is 4.42. The van der Waals surface area contributed by atoms with Crippen LogP contribution in [0.3, 0.4) is 0 Å². The van der Waals surface area contributed by atoms with Crippen molar-refractivity contribution >= 4 is 11.0 Å². The molecule has 2 N–H and O–H groups in total. The number of para-hydroxylation sites is 2. The topological polar surface area (TPSA) is 51.8 Å². The highest BCUT2D eigenvalue weighted by molar-refractivity contribution is 5.78. The molecule has 0 saturated carbocycles. The maximum Gasteiger partial charge on any atom is 0.0922 e. The van der Waals surface area contributed by atoms with Gasteiger partial charge in [0.15, 0.2) is 0 Å². The van der Waals surface area contributed by atoms with Gasteiger partial charge in [-0.25, -0.2) is 9.97 Å². The molecule has 0 unspecified atom stereocenters. The first kappa shape index (κ1) is 14.2. The van der Waals surface area contributed by atoms with E-state index in [1.807, 2.05) is 56.3 Å². The van der Waals surface area contributed by atoms with E-state index in [0.29, 0.717) is 0 Å². The lowest BCUT2D eigenvalue weighted by molar-refractivity contribution is 1.14. The van der Waals surface area contributed by atoms with Gasteiger partial charge in [-0.3, -0.25) is 0 Å². The van der Waals surface area contributed by atoms with E-state index in [1.165, 1.54) is 0 Å². The van der Waals surface area contributed by atoms with Crippen LogP contribution in [0.5, 0.6) is 0 Å². The van der Waals surface area contributed by atoms with E-state index in [0.717, 1.165) is 34.5 Å². The van der Waals surface area contributed by atoms with Gasteiger partial charge in [-0.05, 0) is 25.6 Å². The Morgan fingerprint density at radius 1 is 0.850 bits per heavy atom. The van der Waals surface area contributed by atoms with E-state index < -0.39 is 0 Å². The summed E-state index contributed by atoms with van der Waals surface area (Å²) in [6.07, 6.45) is 0. The van der Waals surface area contributed by atoms with Crippen LogP contribution < -0.4 is 5.73 Å². The smallest absolute Gasteiger partial charge is 0.0922 e. The normalized spacial score (nSPS) is 9.95. The second kappa shape index (κ2) is 6.78. The monoisotopic (exact) mass is 265 g/mol. The third kappa shape index (κ3) is 3.19. The summed E-state index contributed by atoms with van der Waals surface area (Å²) < 4.78 is 0. The zero-order valence-corrected chi connectivity index (χ0v) is 11.9. The summed E-state index contributed by atoms with van der Waals surface area (Å²) >= 11 is 0. The van der Waals surface area contributed by atoms with E-state index in [2.05, 4.69) is 22.1 Å². The number of nitrogens with two attached hydrogens (primary N) is 1. The molecule has 0 saturated heterocycles. The van der Waals surface area contributed by atoms with Crippen molar-refractivity contribution in [2.75, 3.05) is 6.54 Å². The molecular formula is C17H19N3. The van der Waals surface area contributed by atoms with E-state index in [-0.39, 0.29) is 0 Å². The first-order valence-electron chi connectivity index (χ1n) is 6.75. The molecule has 3 aromatic rings. The molecule has 2 aromatic carbocycles. The molecule has 1 heterocycles. The molecule has 3 heteroatoms. The Hall–Kier alpha value is -2.26. The van der Waals surface area contributed by atoms with Crippen molar-refractivity contribution in [3.63, 3.8) is 0 Å². The first-order chi connectivity index (χ1) is 9.76. The predicted octanol–water partition coefficient (Wildman–Crippen LogP) is 3.57. The Labute approximate surface area is 119 Å². The maximum absolute atomic E-state index is 4.85. The number of fused-ring (bicyclic) bond motifs is 1. The van der Waals surface area contributed by atoms with Gasteiger partial charge in [-0.2, -0.15) is 0 Å². The summed E-state index contributed by atoms with van der Waals surface area (Å²) in [7, 11) is 0. The van der Waals surface area contributed by atoms with Gasteiger partial charge in [0, 0.05) is 5.56 Å². The molecule has 3 nitrogen and oxygen atoms in total. The highest BCUT2D eigenvalue weighted by Gasteiger charge is 2.06. The van der Waals surface area contributed by atoms with E-state index in [1.54, 1.807) is 0 Å². The molecule has 0 aliphatic rings. The minimum atomic E-state index is 0.750. The fourth-order valence-electron chi connectivity index (χ4n) is 1.96. The Morgan fingerprint density at radius 2 is 1.35 bits per heavy atom. The summed E-state index contributed by atoms with van der Waals surface area (Å²) in [5.41, 5.74) is 9.78. The van der Waals surface area contributed by atoms with Crippen molar-refractivity contribution in [2.24, 2.45) is 5.73 Å². The van der Waals surface area contributed by atoms with Crippen molar-refractivity contribution in [1.82, 2.24) is 9.97 Å². The average molecular weight is 265 g/mol. The lowest BCUT2D eigenvalue weighted by Crippen LogP contribution is -1.93. The number of rotatable bonds is 1. The summed E-state index contributed by atoms with van der Waals surface area (Å²) in [6.45, 7) is 4.65. The van der Waals surface area contributed by atoms with Crippen LogP contribution >= 0.6 is 0 Å². The Bertz CT molecular complexity index is 678. The number of nitrogens with zero attached hydrogens (tertiary/aromatic N) is 2. The van der Waals surface area contributed by atoms with Crippen LogP contribution in [-0.2, 0) is 0 Å². The third-order valence-corrected chi connectivity index (χ3v) is 2.79. The predicted molar refractivity (Wildman–Crippen MR) is 84.4 cm³/mol. The molecule has 0 aliphatic carbocycles. The standard InChI is InChI=1S/C15H12N2.C2H7N/c1-11-15(12-7-3-2-4-8-12)17-14-10-6-5-9-13(14)16-11;1-2-3/h2-10H,1H3;2-3H2,1H3. The Kier molecular flexibility index (Phi) is 4.80. The Morgan fingerprint density at radius 3 is 1.95 bits per heavy atom. The summed E-state index contributed by atoms with van der Waals surface area (Å²) in [5.74, 6) is 0. The summed E-state index contributed by atoms with van der Waals surface area (Å²) in [6, 6.07) is 18.1.